The minimum Gasteiger partial charge on any atom is -0.493 e. The van der Waals surface area contributed by atoms with Crippen LogP contribution in [0.3, 0.4) is 0 Å². The van der Waals surface area contributed by atoms with Gasteiger partial charge in [0, 0.05) is 11.5 Å². The van der Waals surface area contributed by atoms with Crippen molar-refractivity contribution in [1.82, 2.24) is 0 Å². The van der Waals surface area contributed by atoms with E-state index in [1.165, 1.54) is 47.8 Å². The number of carbonyl (C=O) groups is 1. The molecule has 2 N–H and O–H groups in total. The summed E-state index contributed by atoms with van der Waals surface area (Å²) in [6.07, 6.45) is 7.57. The summed E-state index contributed by atoms with van der Waals surface area (Å²) >= 11 is 0. The van der Waals surface area contributed by atoms with Crippen LogP contribution in [0.5, 0.6) is 11.5 Å². The number of fused-ring (bicyclic) bond motifs is 3. The first kappa shape index (κ1) is 29.1. The number of aryl methyl sites for hydroxylation is 2. The first-order valence-corrected chi connectivity index (χ1v) is 17.2. The van der Waals surface area contributed by atoms with Crippen molar-refractivity contribution >= 4 is 16.6 Å². The standard InChI is InChI=1S/C35H42O6S/c1-39-35(36)21-33(27-7-8-27)28-9-11-30(12-10-28)40-23-25-5-6-26-3-2-4-29-20-31(13-14-32(29)34(26)19-25)41-22-24-15-17-42(37,38)18-16-24/h5-6,9-14,19-20,24,27,33,37-38H,2-4,7-8,15-18,21-23H2,1H3. The number of ether oxygens (including phenoxy) is 3. The van der Waals surface area contributed by atoms with E-state index in [9.17, 15) is 13.9 Å². The number of esters is 1. The molecule has 0 amide bonds. The average Bonchev–Trinajstić information content (AvgIpc) is 3.86. The SMILES string of the molecule is COC(=O)CC(c1ccc(OCc2ccc3c(c2)-c2ccc(OCC4CCS(O)(O)CC4)cc2CCC3)cc1)C1CC1. The molecule has 0 spiro atoms. The zero-order valence-electron chi connectivity index (χ0n) is 24.4. The van der Waals surface area contributed by atoms with Gasteiger partial charge in [-0.25, -0.2) is 0 Å². The molecule has 0 bridgehead atoms. The number of rotatable bonds is 10. The molecule has 0 radical (unpaired) electrons. The summed E-state index contributed by atoms with van der Waals surface area (Å²) in [7, 11) is -0.901. The fraction of sp³-hybridized carbons (Fsp3) is 0.457. The van der Waals surface area contributed by atoms with Gasteiger partial charge in [0.1, 0.15) is 18.1 Å². The van der Waals surface area contributed by atoms with Gasteiger partial charge in [-0.1, -0.05) is 30.3 Å². The minimum absolute atomic E-state index is 0.149. The molecule has 224 valence electrons. The van der Waals surface area contributed by atoms with E-state index < -0.39 is 10.6 Å². The molecule has 6 rings (SSSR count). The lowest BCUT2D eigenvalue weighted by Gasteiger charge is -2.39. The summed E-state index contributed by atoms with van der Waals surface area (Å²) in [4.78, 5) is 11.9. The van der Waals surface area contributed by atoms with Gasteiger partial charge < -0.3 is 14.2 Å². The van der Waals surface area contributed by atoms with Crippen LogP contribution in [0.1, 0.15) is 66.7 Å². The predicted octanol–water partition coefficient (Wildman–Crippen LogP) is 8.02. The number of hydrogen-bond donors (Lipinski definition) is 2. The Morgan fingerprint density at radius 2 is 1.60 bits per heavy atom. The average molecular weight is 591 g/mol. The van der Waals surface area contributed by atoms with Crippen LogP contribution in [0.15, 0.2) is 60.7 Å². The Hall–Kier alpha value is -3.00. The highest BCUT2D eigenvalue weighted by molar-refractivity contribution is 8.24. The van der Waals surface area contributed by atoms with E-state index in [1.807, 2.05) is 12.1 Å². The van der Waals surface area contributed by atoms with Gasteiger partial charge >= 0.3 is 5.97 Å². The Labute approximate surface area is 250 Å². The van der Waals surface area contributed by atoms with E-state index in [2.05, 4.69) is 48.5 Å². The quantitative estimate of drug-likeness (QED) is 0.233. The largest absolute Gasteiger partial charge is 0.493 e. The van der Waals surface area contributed by atoms with Gasteiger partial charge in [0.15, 0.2) is 0 Å². The van der Waals surface area contributed by atoms with Crippen molar-refractivity contribution in [2.75, 3.05) is 25.2 Å². The lowest BCUT2D eigenvalue weighted by molar-refractivity contribution is -0.141. The molecule has 6 nitrogen and oxygen atoms in total. The van der Waals surface area contributed by atoms with Crippen molar-refractivity contribution in [3.8, 4) is 22.6 Å². The van der Waals surface area contributed by atoms with Gasteiger partial charge in [0.2, 0.25) is 0 Å². The van der Waals surface area contributed by atoms with Crippen molar-refractivity contribution < 1.29 is 28.1 Å². The van der Waals surface area contributed by atoms with E-state index in [0.29, 0.717) is 43.0 Å². The van der Waals surface area contributed by atoms with Crippen molar-refractivity contribution in [2.45, 2.75) is 63.9 Å². The Morgan fingerprint density at radius 3 is 2.33 bits per heavy atom. The molecule has 1 saturated heterocycles. The normalized spacial score (nSPS) is 19.5. The van der Waals surface area contributed by atoms with Crippen LogP contribution in [0.4, 0.5) is 0 Å². The van der Waals surface area contributed by atoms with E-state index in [4.69, 9.17) is 14.2 Å². The molecule has 1 atom stereocenters. The predicted molar refractivity (Wildman–Crippen MR) is 168 cm³/mol. The summed E-state index contributed by atoms with van der Waals surface area (Å²) in [6.45, 7) is 1.11. The van der Waals surface area contributed by atoms with Gasteiger partial charge in [-0.05, 0) is 126 Å². The highest BCUT2D eigenvalue weighted by Gasteiger charge is 2.34. The molecule has 2 fully saturated rings. The van der Waals surface area contributed by atoms with Crippen molar-refractivity contribution in [3.05, 3.63) is 82.9 Å². The van der Waals surface area contributed by atoms with Crippen LogP contribution in [-0.2, 0) is 29.0 Å². The molecule has 0 aromatic heterocycles. The van der Waals surface area contributed by atoms with Crippen molar-refractivity contribution in [2.24, 2.45) is 11.8 Å². The number of benzene rings is 3. The maximum Gasteiger partial charge on any atom is 0.306 e. The molecule has 1 unspecified atom stereocenters. The molecule has 1 saturated carbocycles. The summed E-state index contributed by atoms with van der Waals surface area (Å²) < 4.78 is 37.1. The van der Waals surface area contributed by atoms with Crippen LogP contribution in [-0.4, -0.2) is 40.3 Å². The van der Waals surface area contributed by atoms with Gasteiger partial charge in [-0.2, -0.15) is 10.6 Å². The third kappa shape index (κ3) is 7.13. The molecule has 7 heteroatoms. The third-order valence-electron chi connectivity index (χ3n) is 9.14. The number of carbonyl (C=O) groups excluding carboxylic acids is 1. The van der Waals surface area contributed by atoms with Crippen LogP contribution in [0, 0.1) is 11.8 Å². The molecule has 1 aliphatic heterocycles. The summed E-state index contributed by atoms with van der Waals surface area (Å²) in [5.41, 5.74) is 7.54. The van der Waals surface area contributed by atoms with E-state index >= 15 is 0 Å². The lowest BCUT2D eigenvalue weighted by atomic mass is 9.91. The number of methoxy groups -OCH3 is 1. The molecule has 42 heavy (non-hydrogen) atoms. The Balaban J connectivity index is 1.10. The molecule has 2 aliphatic carbocycles. The van der Waals surface area contributed by atoms with Crippen LogP contribution >= 0.6 is 10.6 Å². The van der Waals surface area contributed by atoms with Crippen LogP contribution in [0.2, 0.25) is 0 Å². The number of hydrogen-bond acceptors (Lipinski definition) is 6. The molecular weight excluding hydrogens is 548 g/mol. The second-order valence-electron chi connectivity index (χ2n) is 12.2. The second kappa shape index (κ2) is 12.7. The van der Waals surface area contributed by atoms with E-state index in [0.717, 1.165) is 49.2 Å². The highest BCUT2D eigenvalue weighted by Crippen LogP contribution is 2.46. The van der Waals surface area contributed by atoms with E-state index in [1.54, 1.807) is 0 Å². The first-order chi connectivity index (χ1) is 20.4. The van der Waals surface area contributed by atoms with Gasteiger partial charge in [-0.15, -0.1) is 0 Å². The Morgan fingerprint density at radius 1 is 0.857 bits per heavy atom. The highest BCUT2D eigenvalue weighted by atomic mass is 32.3. The topological polar surface area (TPSA) is 85.2 Å². The van der Waals surface area contributed by atoms with Crippen molar-refractivity contribution in [1.29, 1.82) is 0 Å². The smallest absolute Gasteiger partial charge is 0.306 e. The lowest BCUT2D eigenvalue weighted by Crippen LogP contribution is -2.24. The summed E-state index contributed by atoms with van der Waals surface area (Å²) in [6, 6.07) is 21.4. The summed E-state index contributed by atoms with van der Waals surface area (Å²) in [5.74, 6) is 3.74. The maximum atomic E-state index is 11.9. The maximum absolute atomic E-state index is 11.9. The molecular formula is C35H42O6S. The second-order valence-corrected chi connectivity index (χ2v) is 14.6. The van der Waals surface area contributed by atoms with Gasteiger partial charge in [0.05, 0.1) is 20.1 Å². The Kier molecular flexibility index (Phi) is 8.80. The molecule has 3 aromatic carbocycles. The van der Waals surface area contributed by atoms with Gasteiger partial charge in [-0.3, -0.25) is 13.9 Å². The minimum atomic E-state index is -2.36. The first-order valence-electron chi connectivity index (χ1n) is 15.3. The van der Waals surface area contributed by atoms with Crippen LogP contribution < -0.4 is 9.47 Å². The molecule has 3 aromatic rings. The van der Waals surface area contributed by atoms with Crippen LogP contribution in [0.25, 0.3) is 11.1 Å². The molecule has 1 heterocycles. The summed E-state index contributed by atoms with van der Waals surface area (Å²) in [5, 5.41) is 0. The zero-order chi connectivity index (χ0) is 29.1. The zero-order valence-corrected chi connectivity index (χ0v) is 25.2. The van der Waals surface area contributed by atoms with E-state index in [-0.39, 0.29) is 11.9 Å². The van der Waals surface area contributed by atoms with Gasteiger partial charge in [0.25, 0.3) is 0 Å². The monoisotopic (exact) mass is 590 g/mol. The molecule has 3 aliphatic rings. The fourth-order valence-corrected chi connectivity index (χ4v) is 8.04. The van der Waals surface area contributed by atoms with Crippen molar-refractivity contribution in [3.63, 3.8) is 0 Å². The third-order valence-corrected chi connectivity index (χ3v) is 10.9. The fourth-order valence-electron chi connectivity index (χ4n) is 6.41. The Bertz CT molecular complexity index is 1390.